The first kappa shape index (κ1) is 22.0. The van der Waals surface area contributed by atoms with E-state index in [0.29, 0.717) is 11.5 Å². The lowest BCUT2D eigenvalue weighted by Crippen LogP contribution is -2.10. The van der Waals surface area contributed by atoms with Crippen molar-refractivity contribution in [3.63, 3.8) is 0 Å². The van der Waals surface area contributed by atoms with E-state index in [1.165, 1.54) is 6.92 Å². The first-order valence-electron chi connectivity index (χ1n) is 10.5. The minimum absolute atomic E-state index is 0.457. The molecule has 0 aliphatic heterocycles. The molecule has 0 bridgehead atoms. The topological polar surface area (TPSA) is 75.3 Å². The summed E-state index contributed by atoms with van der Waals surface area (Å²) in [5.74, 6) is 0.0471. The van der Waals surface area contributed by atoms with Crippen LogP contribution in [0, 0.1) is 0 Å². The Balaban J connectivity index is 1.65. The van der Waals surface area contributed by atoms with Crippen LogP contribution in [0.4, 0.5) is 17.1 Å². The number of benzene rings is 3. The molecule has 4 aromatic rings. The molecule has 166 valence electrons. The van der Waals surface area contributed by atoms with E-state index in [1.54, 1.807) is 25.3 Å². The molecular weight excluding hydrogens is 416 g/mol. The van der Waals surface area contributed by atoms with Crippen molar-refractivity contribution in [3.05, 3.63) is 114 Å². The van der Waals surface area contributed by atoms with Crippen LogP contribution in [0.25, 0.3) is 0 Å². The first-order valence-corrected chi connectivity index (χ1v) is 10.5. The molecule has 1 atom stereocenters. The average Bonchev–Trinajstić information content (AvgIpc) is 3.39. The Labute approximate surface area is 192 Å². The van der Waals surface area contributed by atoms with Crippen molar-refractivity contribution in [3.8, 4) is 0 Å². The highest BCUT2D eigenvalue weighted by Crippen LogP contribution is 2.35. The molecule has 1 N–H and O–H groups in total. The Morgan fingerprint density at radius 3 is 2.03 bits per heavy atom. The molecule has 1 aromatic heterocycles. The third-order valence-corrected chi connectivity index (χ3v) is 5.15. The van der Waals surface area contributed by atoms with Gasteiger partial charge in [-0.05, 0) is 66.6 Å². The quantitative estimate of drug-likeness (QED) is 0.213. The van der Waals surface area contributed by atoms with Crippen molar-refractivity contribution in [1.82, 2.24) is 0 Å². The van der Waals surface area contributed by atoms with Crippen molar-refractivity contribution in [2.75, 3.05) is 4.90 Å². The van der Waals surface area contributed by atoms with E-state index in [-0.39, 0.29) is 0 Å². The minimum Gasteiger partial charge on any atom is -0.466 e. The zero-order chi connectivity index (χ0) is 23.2. The zero-order valence-corrected chi connectivity index (χ0v) is 18.4. The number of hydrogen-bond acceptors (Lipinski definition) is 6. The van der Waals surface area contributed by atoms with Crippen LogP contribution in [0.15, 0.2) is 107 Å². The predicted molar refractivity (Wildman–Crippen MR) is 128 cm³/mol. The van der Waals surface area contributed by atoms with Gasteiger partial charge in [0.1, 0.15) is 11.9 Å². The van der Waals surface area contributed by atoms with E-state index in [2.05, 4.69) is 10.1 Å². The molecule has 0 amide bonds. The highest BCUT2D eigenvalue weighted by Gasteiger charge is 2.16. The second kappa shape index (κ2) is 9.97. The molecule has 0 aliphatic rings. The van der Waals surface area contributed by atoms with Crippen LogP contribution < -0.4 is 4.90 Å². The number of rotatable bonds is 7. The summed E-state index contributed by atoms with van der Waals surface area (Å²) >= 11 is 0. The molecule has 0 fully saturated rings. The van der Waals surface area contributed by atoms with Gasteiger partial charge in [0.25, 0.3) is 0 Å². The Kier molecular flexibility index (Phi) is 6.66. The number of furan rings is 1. The number of hydrogen-bond donors (Lipinski definition) is 1. The van der Waals surface area contributed by atoms with Crippen LogP contribution in [0.2, 0.25) is 0 Å². The summed E-state index contributed by atoms with van der Waals surface area (Å²) in [6.07, 6.45) is 0.727. The lowest BCUT2D eigenvalue weighted by atomic mass is 10.1. The number of nitrogens with zero attached hydrogens (tertiary/aromatic N) is 2. The molecule has 0 spiro atoms. The molecule has 33 heavy (non-hydrogen) atoms. The Bertz CT molecular complexity index is 1220. The molecule has 0 aliphatic carbocycles. The highest BCUT2D eigenvalue weighted by atomic mass is 16.7. The summed E-state index contributed by atoms with van der Waals surface area (Å²) in [5.41, 5.74) is 5.09. The average molecular weight is 440 g/mol. The van der Waals surface area contributed by atoms with Crippen LogP contribution in [0.1, 0.15) is 36.8 Å². The molecule has 1 heterocycles. The van der Waals surface area contributed by atoms with E-state index >= 15 is 0 Å². The third kappa shape index (κ3) is 5.19. The molecule has 1 unspecified atom stereocenters. The fourth-order valence-electron chi connectivity index (χ4n) is 3.48. The second-order valence-electron chi connectivity index (χ2n) is 7.49. The van der Waals surface area contributed by atoms with Crippen LogP contribution in [-0.4, -0.2) is 16.8 Å². The standard InChI is InChI=1S/C27H24N2O4/c1-19(28-33-20(2)30)21-10-14-24(15-11-21)29(23-7-4-3-5-8-23)25-16-12-22(13-17-25)27(31)26-9-6-18-32-26/h3-18,27,31H,1-2H3. The molecule has 0 saturated carbocycles. The van der Waals surface area contributed by atoms with E-state index in [1.807, 2.05) is 78.9 Å². The summed E-state index contributed by atoms with van der Waals surface area (Å²) in [7, 11) is 0. The number of aliphatic hydroxyl groups excluding tert-OH is 1. The minimum atomic E-state index is -0.821. The van der Waals surface area contributed by atoms with Gasteiger partial charge in [0, 0.05) is 24.0 Å². The number of carbonyl (C=O) groups is 1. The van der Waals surface area contributed by atoms with Crippen molar-refractivity contribution >= 4 is 28.7 Å². The van der Waals surface area contributed by atoms with E-state index in [0.717, 1.165) is 28.2 Å². The maximum Gasteiger partial charge on any atom is 0.331 e. The van der Waals surface area contributed by atoms with E-state index in [9.17, 15) is 9.90 Å². The summed E-state index contributed by atoms with van der Waals surface area (Å²) in [5, 5.41) is 14.4. The van der Waals surface area contributed by atoms with Gasteiger partial charge < -0.3 is 19.3 Å². The highest BCUT2D eigenvalue weighted by molar-refractivity contribution is 5.99. The van der Waals surface area contributed by atoms with E-state index in [4.69, 9.17) is 9.25 Å². The molecule has 6 nitrogen and oxygen atoms in total. The SMILES string of the molecule is CC(=O)ON=C(C)c1ccc(N(c2ccccc2)c2ccc(C(O)c3ccco3)cc2)cc1. The summed E-state index contributed by atoms with van der Waals surface area (Å²) in [6, 6.07) is 29.1. The van der Waals surface area contributed by atoms with Gasteiger partial charge >= 0.3 is 5.97 Å². The summed E-state index contributed by atoms with van der Waals surface area (Å²) in [6.45, 7) is 3.10. The van der Waals surface area contributed by atoms with Gasteiger partial charge in [-0.1, -0.05) is 47.6 Å². The maximum atomic E-state index is 11.0. The Morgan fingerprint density at radius 2 is 1.45 bits per heavy atom. The zero-order valence-electron chi connectivity index (χ0n) is 18.4. The van der Waals surface area contributed by atoms with Gasteiger partial charge in [-0.3, -0.25) is 0 Å². The molecule has 0 radical (unpaired) electrons. The normalized spacial score (nSPS) is 12.3. The maximum absolute atomic E-state index is 11.0. The van der Waals surface area contributed by atoms with Crippen LogP contribution >= 0.6 is 0 Å². The Hall–Kier alpha value is -4.16. The molecule has 4 rings (SSSR count). The summed E-state index contributed by atoms with van der Waals surface area (Å²) < 4.78 is 5.33. The molecule has 3 aromatic carbocycles. The lowest BCUT2D eigenvalue weighted by Gasteiger charge is -2.26. The number of para-hydroxylation sites is 1. The lowest BCUT2D eigenvalue weighted by molar-refractivity contribution is -0.140. The van der Waals surface area contributed by atoms with Gasteiger partial charge in [-0.2, -0.15) is 0 Å². The van der Waals surface area contributed by atoms with Gasteiger partial charge in [0.2, 0.25) is 0 Å². The third-order valence-electron chi connectivity index (χ3n) is 5.15. The van der Waals surface area contributed by atoms with Crippen LogP contribution in [0.3, 0.4) is 0 Å². The predicted octanol–water partition coefficient (Wildman–Crippen LogP) is 6.12. The number of carbonyl (C=O) groups excluding carboxylic acids is 1. The Morgan fingerprint density at radius 1 is 0.848 bits per heavy atom. The number of anilines is 3. The van der Waals surface area contributed by atoms with Crippen molar-refractivity contribution in [2.24, 2.45) is 5.16 Å². The molecule has 0 saturated heterocycles. The second-order valence-corrected chi connectivity index (χ2v) is 7.49. The fraction of sp³-hybridized carbons (Fsp3) is 0.111. The largest absolute Gasteiger partial charge is 0.466 e. The first-order chi connectivity index (χ1) is 16.0. The van der Waals surface area contributed by atoms with Crippen molar-refractivity contribution in [2.45, 2.75) is 20.0 Å². The van der Waals surface area contributed by atoms with Gasteiger partial charge in [-0.25, -0.2) is 4.79 Å². The molecule has 6 heteroatoms. The van der Waals surface area contributed by atoms with Crippen molar-refractivity contribution in [1.29, 1.82) is 0 Å². The van der Waals surface area contributed by atoms with Crippen LogP contribution in [-0.2, 0) is 9.63 Å². The van der Waals surface area contributed by atoms with Crippen molar-refractivity contribution < 1.29 is 19.2 Å². The van der Waals surface area contributed by atoms with Gasteiger partial charge in [0.15, 0.2) is 0 Å². The number of oxime groups is 1. The van der Waals surface area contributed by atoms with E-state index < -0.39 is 12.1 Å². The van der Waals surface area contributed by atoms with Gasteiger partial charge in [0.05, 0.1) is 12.0 Å². The fourth-order valence-corrected chi connectivity index (χ4v) is 3.48. The van der Waals surface area contributed by atoms with Crippen LogP contribution in [0.5, 0.6) is 0 Å². The monoisotopic (exact) mass is 440 g/mol. The summed E-state index contributed by atoms with van der Waals surface area (Å²) in [4.78, 5) is 17.9. The smallest absolute Gasteiger partial charge is 0.331 e. The van der Waals surface area contributed by atoms with Gasteiger partial charge in [-0.15, -0.1) is 0 Å². The molecular formula is C27H24N2O4. The number of aliphatic hydroxyl groups is 1.